The summed E-state index contributed by atoms with van der Waals surface area (Å²) < 4.78 is 5.46. The molecule has 34 heavy (non-hydrogen) atoms. The predicted octanol–water partition coefficient (Wildman–Crippen LogP) is 5.19. The first-order chi connectivity index (χ1) is 16.6. The third-order valence-corrected chi connectivity index (χ3v) is 7.32. The van der Waals surface area contributed by atoms with Crippen LogP contribution in [0.4, 0.5) is 11.8 Å². The molecule has 0 spiro atoms. The Bertz CT molecular complexity index is 1120. The Morgan fingerprint density at radius 2 is 1.65 bits per heavy atom. The lowest BCUT2D eigenvalue weighted by atomic mass is 9.69. The normalized spacial score (nSPS) is 16.6. The van der Waals surface area contributed by atoms with Crippen LogP contribution in [0.15, 0.2) is 60.7 Å². The van der Waals surface area contributed by atoms with E-state index in [1.807, 2.05) is 6.07 Å². The summed E-state index contributed by atoms with van der Waals surface area (Å²) in [6.07, 6.45) is 6.14. The maximum atomic E-state index is 5.66. The monoisotopic (exact) mass is 473 g/mol. The average Bonchev–Trinajstić information content (AvgIpc) is 3.33. The van der Waals surface area contributed by atoms with Crippen molar-refractivity contribution < 1.29 is 4.74 Å². The molecule has 1 fully saturated rings. The summed E-state index contributed by atoms with van der Waals surface area (Å²) in [4.78, 5) is 11.5. The van der Waals surface area contributed by atoms with Crippen LogP contribution >= 0.6 is 12.2 Å². The van der Waals surface area contributed by atoms with Crippen molar-refractivity contribution in [2.24, 2.45) is 0 Å². The Kier molecular flexibility index (Phi) is 6.63. The van der Waals surface area contributed by atoms with Crippen LogP contribution in [-0.4, -0.2) is 28.7 Å². The van der Waals surface area contributed by atoms with Gasteiger partial charge in [0, 0.05) is 31.1 Å². The summed E-state index contributed by atoms with van der Waals surface area (Å²) >= 11 is 5.66. The first kappa shape index (κ1) is 22.6. The van der Waals surface area contributed by atoms with Gasteiger partial charge in [0.15, 0.2) is 5.11 Å². The first-order valence-corrected chi connectivity index (χ1v) is 12.4. The molecule has 1 aromatic heterocycles. The van der Waals surface area contributed by atoms with E-state index >= 15 is 0 Å². The minimum atomic E-state index is 0.104. The number of fused-ring (bicyclic) bond motifs is 1. The molecule has 0 atom stereocenters. The van der Waals surface area contributed by atoms with E-state index in [0.717, 1.165) is 25.5 Å². The van der Waals surface area contributed by atoms with E-state index in [9.17, 15) is 0 Å². The van der Waals surface area contributed by atoms with Crippen molar-refractivity contribution in [1.82, 2.24) is 15.3 Å². The lowest BCUT2D eigenvalue weighted by molar-refractivity contribution is 0.292. The maximum absolute atomic E-state index is 5.66. The van der Waals surface area contributed by atoms with Crippen molar-refractivity contribution in [2.75, 3.05) is 23.9 Å². The highest BCUT2D eigenvalue weighted by atomic mass is 32.1. The zero-order valence-corrected chi connectivity index (χ0v) is 20.4. The third-order valence-electron chi connectivity index (χ3n) is 7.07. The van der Waals surface area contributed by atoms with Crippen LogP contribution < -0.4 is 20.3 Å². The molecule has 1 aliphatic carbocycles. The van der Waals surface area contributed by atoms with Crippen molar-refractivity contribution in [3.8, 4) is 5.88 Å². The zero-order chi connectivity index (χ0) is 23.4. The van der Waals surface area contributed by atoms with Gasteiger partial charge in [0.2, 0.25) is 11.8 Å². The number of nitrogens with one attached hydrogen (secondary N) is 2. The molecule has 2 aliphatic rings. The molecule has 0 amide bonds. The van der Waals surface area contributed by atoms with Gasteiger partial charge in [0.25, 0.3) is 0 Å². The third kappa shape index (κ3) is 4.85. The summed E-state index contributed by atoms with van der Waals surface area (Å²) in [5.41, 5.74) is 4.14. The Hall–Kier alpha value is -3.19. The maximum Gasteiger partial charge on any atom is 0.234 e. The highest BCUT2D eigenvalue weighted by Gasteiger charge is 2.33. The van der Waals surface area contributed by atoms with Gasteiger partial charge in [-0.05, 0) is 41.7 Å². The number of nitrogens with zero attached hydrogens (tertiary/aromatic N) is 3. The highest BCUT2D eigenvalue weighted by Crippen LogP contribution is 2.39. The van der Waals surface area contributed by atoms with Crippen molar-refractivity contribution in [1.29, 1.82) is 0 Å². The minimum Gasteiger partial charge on any atom is -0.481 e. The van der Waals surface area contributed by atoms with Gasteiger partial charge in [-0.2, -0.15) is 9.97 Å². The highest BCUT2D eigenvalue weighted by molar-refractivity contribution is 7.80. The Morgan fingerprint density at radius 3 is 2.32 bits per heavy atom. The molecular formula is C27H31N5OS. The van der Waals surface area contributed by atoms with Gasteiger partial charge in [0.05, 0.1) is 7.11 Å². The molecule has 6 nitrogen and oxygen atoms in total. The van der Waals surface area contributed by atoms with Crippen LogP contribution in [0, 0.1) is 0 Å². The molecule has 7 heteroatoms. The summed E-state index contributed by atoms with van der Waals surface area (Å²) in [5, 5.41) is 7.20. The van der Waals surface area contributed by atoms with Crippen LogP contribution in [0.3, 0.4) is 0 Å². The molecule has 2 N–H and O–H groups in total. The molecule has 0 unspecified atom stereocenters. The molecule has 3 aromatic rings. The summed E-state index contributed by atoms with van der Waals surface area (Å²) in [5.74, 6) is 1.78. The number of thiocarbonyl (C=S) groups is 1. The van der Waals surface area contributed by atoms with E-state index in [1.54, 1.807) is 7.11 Å². The smallest absolute Gasteiger partial charge is 0.234 e. The molecule has 0 radical (unpaired) electrons. The standard InChI is InChI=1S/C27H31N5OS/c1-33-24-16-23(32-17-20-10-6-7-11-21(20)18-32)29-25(30-24)31-26(34)28-19-27(14-8-3-9-15-27)22-12-4-2-5-13-22/h2,4-7,10-13,16H,3,8-9,14-15,17-19H2,1H3,(H2,28,29,30,31,34). The van der Waals surface area contributed by atoms with Crippen LogP contribution in [0.5, 0.6) is 5.88 Å². The van der Waals surface area contributed by atoms with E-state index in [2.05, 4.69) is 75.1 Å². The number of aromatic nitrogens is 2. The minimum absolute atomic E-state index is 0.104. The number of hydrogen-bond acceptors (Lipinski definition) is 5. The lowest BCUT2D eigenvalue weighted by Crippen LogP contribution is -2.43. The number of hydrogen-bond donors (Lipinski definition) is 2. The fourth-order valence-corrected chi connectivity index (χ4v) is 5.38. The van der Waals surface area contributed by atoms with E-state index in [0.29, 0.717) is 16.9 Å². The molecule has 1 saturated carbocycles. The largest absolute Gasteiger partial charge is 0.481 e. The van der Waals surface area contributed by atoms with Gasteiger partial charge in [-0.3, -0.25) is 0 Å². The number of ether oxygens (including phenoxy) is 1. The summed E-state index contributed by atoms with van der Waals surface area (Å²) in [6, 6.07) is 21.2. The second kappa shape index (κ2) is 9.97. The van der Waals surface area contributed by atoms with Gasteiger partial charge in [-0.25, -0.2) is 0 Å². The average molecular weight is 474 g/mol. The second-order valence-corrected chi connectivity index (χ2v) is 9.64. The summed E-state index contributed by atoms with van der Waals surface area (Å²) in [7, 11) is 1.62. The Balaban J connectivity index is 1.28. The zero-order valence-electron chi connectivity index (χ0n) is 19.6. The number of benzene rings is 2. The van der Waals surface area contributed by atoms with Gasteiger partial charge in [-0.1, -0.05) is 73.9 Å². The van der Waals surface area contributed by atoms with Gasteiger partial charge in [0.1, 0.15) is 5.82 Å². The van der Waals surface area contributed by atoms with Crippen LogP contribution in [0.1, 0.15) is 48.8 Å². The van der Waals surface area contributed by atoms with E-state index in [1.165, 1.54) is 48.8 Å². The number of anilines is 2. The Morgan fingerprint density at radius 1 is 0.971 bits per heavy atom. The molecular weight excluding hydrogens is 442 g/mol. The van der Waals surface area contributed by atoms with Crippen molar-refractivity contribution in [2.45, 2.75) is 50.6 Å². The fourth-order valence-electron chi connectivity index (χ4n) is 5.21. The van der Waals surface area contributed by atoms with E-state index in [4.69, 9.17) is 21.9 Å². The quantitative estimate of drug-likeness (QED) is 0.478. The van der Waals surface area contributed by atoms with Crippen LogP contribution in [0.2, 0.25) is 0 Å². The van der Waals surface area contributed by atoms with E-state index in [-0.39, 0.29) is 5.41 Å². The molecule has 5 rings (SSSR count). The van der Waals surface area contributed by atoms with Gasteiger partial charge in [-0.15, -0.1) is 0 Å². The van der Waals surface area contributed by atoms with Crippen LogP contribution in [-0.2, 0) is 18.5 Å². The fraction of sp³-hybridized carbons (Fsp3) is 0.370. The van der Waals surface area contributed by atoms with E-state index < -0.39 is 0 Å². The summed E-state index contributed by atoms with van der Waals surface area (Å²) in [6.45, 7) is 2.43. The number of rotatable bonds is 6. The molecule has 1 aliphatic heterocycles. The first-order valence-electron chi connectivity index (χ1n) is 12.0. The predicted molar refractivity (Wildman–Crippen MR) is 140 cm³/mol. The lowest BCUT2D eigenvalue weighted by Gasteiger charge is -2.38. The Labute approximate surface area is 206 Å². The van der Waals surface area contributed by atoms with Crippen molar-refractivity contribution >= 4 is 29.1 Å². The van der Waals surface area contributed by atoms with Gasteiger partial charge < -0.3 is 20.3 Å². The van der Waals surface area contributed by atoms with Gasteiger partial charge >= 0.3 is 0 Å². The second-order valence-electron chi connectivity index (χ2n) is 9.23. The molecule has 2 heterocycles. The SMILES string of the molecule is COc1cc(N2Cc3ccccc3C2)nc(NC(=S)NCC2(c3ccccc3)CCCCC2)n1. The van der Waals surface area contributed by atoms with Crippen molar-refractivity contribution in [3.05, 3.63) is 77.4 Å². The van der Waals surface area contributed by atoms with Crippen LogP contribution in [0.25, 0.3) is 0 Å². The molecule has 176 valence electrons. The number of methoxy groups -OCH3 is 1. The van der Waals surface area contributed by atoms with Crippen molar-refractivity contribution in [3.63, 3.8) is 0 Å². The molecule has 2 aromatic carbocycles. The topological polar surface area (TPSA) is 62.3 Å². The molecule has 0 bridgehead atoms. The molecule has 0 saturated heterocycles.